The largest absolute Gasteiger partial charge is 0.376 e. The zero-order valence-electron chi connectivity index (χ0n) is 14.3. The number of benzene rings is 1. The van der Waals surface area contributed by atoms with Crippen molar-refractivity contribution < 1.29 is 9.85 Å². The Kier molecular flexibility index (Phi) is 3.70. The third-order valence-corrected chi connectivity index (χ3v) is 6.77. The highest BCUT2D eigenvalue weighted by Gasteiger charge is 2.53. The Morgan fingerprint density at radius 3 is 2.08 bits per heavy atom. The Balaban J connectivity index is 1.60. The summed E-state index contributed by atoms with van der Waals surface area (Å²) in [4.78, 5) is 21.1. The van der Waals surface area contributed by atoms with Crippen LogP contribution in [0, 0.1) is 43.4 Å². The molecule has 134 valence electrons. The van der Waals surface area contributed by atoms with Crippen molar-refractivity contribution >= 4 is 17.1 Å². The summed E-state index contributed by atoms with van der Waals surface area (Å²) in [6.07, 6.45) is 7.66. The average molecular weight is 345 g/mol. The second kappa shape index (κ2) is 5.68. The molecule has 0 amide bonds. The van der Waals surface area contributed by atoms with Gasteiger partial charge in [-0.05, 0) is 74.7 Å². The second-order valence-corrected chi connectivity index (χ2v) is 8.36. The molecule has 0 aliphatic heterocycles. The molecule has 0 heterocycles. The Morgan fingerprint density at radius 2 is 1.60 bits per heavy atom. The molecule has 5 rings (SSSR count). The van der Waals surface area contributed by atoms with Crippen molar-refractivity contribution in [3.8, 4) is 0 Å². The lowest BCUT2D eigenvalue weighted by molar-refractivity contribution is -0.393. The molecule has 7 nitrogen and oxygen atoms in total. The number of hydrogen-bond acceptors (Lipinski definition) is 5. The molecule has 1 atom stereocenters. The van der Waals surface area contributed by atoms with Gasteiger partial charge < -0.3 is 5.32 Å². The summed E-state index contributed by atoms with van der Waals surface area (Å²) in [7, 11) is 0. The van der Waals surface area contributed by atoms with Crippen molar-refractivity contribution in [2.24, 2.45) is 23.2 Å². The number of anilines is 1. The summed E-state index contributed by atoms with van der Waals surface area (Å²) in [6, 6.07) is 3.99. The van der Waals surface area contributed by atoms with Crippen LogP contribution in [0.3, 0.4) is 0 Å². The van der Waals surface area contributed by atoms with E-state index < -0.39 is 9.85 Å². The standard InChI is InChI=1S/C18H23N3O4/c1-11(18-8-12-4-13(9-18)6-14(5-12)10-18)19-16-3-2-15(20(22)23)7-17(16)21(24)25/h2-3,7,11-14,19H,4-6,8-10H2,1H3/t11-,12?,13?,14?,18?/m0/s1. The molecule has 4 aliphatic rings. The van der Waals surface area contributed by atoms with Gasteiger partial charge in [-0.15, -0.1) is 0 Å². The molecule has 1 aromatic rings. The third-order valence-electron chi connectivity index (χ3n) is 6.77. The highest BCUT2D eigenvalue weighted by Crippen LogP contribution is 2.61. The molecular weight excluding hydrogens is 322 g/mol. The SMILES string of the molecule is C[C@H](Nc1ccc([N+](=O)[O-])cc1[N+](=O)[O-])C12CC3CC(CC(C3)C1)C2. The number of non-ortho nitro benzene ring substituents is 1. The molecule has 1 N–H and O–H groups in total. The van der Waals surface area contributed by atoms with E-state index in [1.165, 1.54) is 50.7 Å². The lowest BCUT2D eigenvalue weighted by Crippen LogP contribution is -2.52. The first kappa shape index (κ1) is 16.3. The molecule has 4 fully saturated rings. The van der Waals surface area contributed by atoms with Crippen LogP contribution >= 0.6 is 0 Å². The molecule has 4 saturated carbocycles. The first-order valence-corrected chi connectivity index (χ1v) is 9.06. The van der Waals surface area contributed by atoms with E-state index in [1.807, 2.05) is 0 Å². The third kappa shape index (κ3) is 2.75. The van der Waals surface area contributed by atoms with Crippen LogP contribution in [-0.4, -0.2) is 15.9 Å². The quantitative estimate of drug-likeness (QED) is 0.625. The molecule has 4 bridgehead atoms. The number of nitro benzene ring substituents is 2. The van der Waals surface area contributed by atoms with Gasteiger partial charge >= 0.3 is 0 Å². The van der Waals surface area contributed by atoms with Gasteiger partial charge in [0.05, 0.1) is 15.9 Å². The predicted molar refractivity (Wildman–Crippen MR) is 93.4 cm³/mol. The number of nitro groups is 2. The monoisotopic (exact) mass is 345 g/mol. The molecular formula is C18H23N3O4. The highest BCUT2D eigenvalue weighted by atomic mass is 16.6. The van der Waals surface area contributed by atoms with E-state index in [0.29, 0.717) is 5.69 Å². The molecule has 0 saturated heterocycles. The zero-order valence-corrected chi connectivity index (χ0v) is 14.3. The van der Waals surface area contributed by atoms with Crippen molar-refractivity contribution in [1.82, 2.24) is 0 Å². The van der Waals surface area contributed by atoms with Gasteiger partial charge in [0.2, 0.25) is 0 Å². The van der Waals surface area contributed by atoms with E-state index in [0.717, 1.165) is 23.8 Å². The summed E-state index contributed by atoms with van der Waals surface area (Å²) in [6.45, 7) is 2.12. The molecule has 25 heavy (non-hydrogen) atoms. The topological polar surface area (TPSA) is 98.3 Å². The van der Waals surface area contributed by atoms with Gasteiger partial charge in [-0.1, -0.05) is 0 Å². The second-order valence-electron chi connectivity index (χ2n) is 8.36. The minimum absolute atomic E-state index is 0.126. The number of hydrogen-bond donors (Lipinski definition) is 1. The van der Waals surface area contributed by atoms with Crippen LogP contribution in [0.4, 0.5) is 17.1 Å². The van der Waals surface area contributed by atoms with E-state index in [4.69, 9.17) is 0 Å². The minimum atomic E-state index is -0.598. The van der Waals surface area contributed by atoms with Gasteiger partial charge in [-0.2, -0.15) is 0 Å². The maximum atomic E-state index is 11.4. The van der Waals surface area contributed by atoms with Crippen LogP contribution < -0.4 is 5.32 Å². The van der Waals surface area contributed by atoms with Crippen LogP contribution in [-0.2, 0) is 0 Å². The van der Waals surface area contributed by atoms with Crippen LogP contribution in [0.2, 0.25) is 0 Å². The number of nitrogens with zero attached hydrogens (tertiary/aromatic N) is 2. The van der Waals surface area contributed by atoms with Crippen LogP contribution in [0.1, 0.15) is 45.4 Å². The smallest absolute Gasteiger partial charge is 0.299 e. The predicted octanol–water partition coefficient (Wildman–Crippen LogP) is 4.52. The van der Waals surface area contributed by atoms with Crippen molar-refractivity contribution in [1.29, 1.82) is 0 Å². The average Bonchev–Trinajstić information content (AvgIpc) is 2.53. The Labute approximate surface area is 146 Å². The zero-order chi connectivity index (χ0) is 17.8. The van der Waals surface area contributed by atoms with Gasteiger partial charge in [0, 0.05) is 12.1 Å². The summed E-state index contributed by atoms with van der Waals surface area (Å²) in [5.41, 5.74) is 0.133. The van der Waals surface area contributed by atoms with Gasteiger partial charge in [0.1, 0.15) is 5.69 Å². The number of rotatable bonds is 5. The van der Waals surface area contributed by atoms with E-state index in [2.05, 4.69) is 12.2 Å². The lowest BCUT2D eigenvalue weighted by Gasteiger charge is -2.59. The van der Waals surface area contributed by atoms with Gasteiger partial charge in [0.15, 0.2) is 0 Å². The van der Waals surface area contributed by atoms with Gasteiger partial charge in [-0.3, -0.25) is 20.2 Å². The molecule has 0 aromatic heterocycles. The maximum absolute atomic E-state index is 11.4. The van der Waals surface area contributed by atoms with Crippen molar-refractivity contribution in [2.75, 3.05) is 5.32 Å². The molecule has 7 heteroatoms. The van der Waals surface area contributed by atoms with E-state index in [9.17, 15) is 20.2 Å². The fourth-order valence-corrected chi connectivity index (χ4v) is 6.00. The fraction of sp³-hybridized carbons (Fsp3) is 0.667. The summed E-state index contributed by atoms with van der Waals surface area (Å²) in [5, 5.41) is 25.6. The fourth-order valence-electron chi connectivity index (χ4n) is 6.00. The molecule has 0 unspecified atom stereocenters. The van der Waals surface area contributed by atoms with Crippen LogP contribution in [0.5, 0.6) is 0 Å². The molecule has 0 spiro atoms. The molecule has 1 aromatic carbocycles. The Bertz CT molecular complexity index is 698. The van der Waals surface area contributed by atoms with E-state index in [-0.39, 0.29) is 22.8 Å². The molecule has 0 radical (unpaired) electrons. The lowest BCUT2D eigenvalue weighted by atomic mass is 9.48. The highest BCUT2D eigenvalue weighted by molar-refractivity contribution is 5.65. The van der Waals surface area contributed by atoms with Crippen molar-refractivity contribution in [2.45, 2.75) is 51.5 Å². The van der Waals surface area contributed by atoms with E-state index in [1.54, 1.807) is 0 Å². The summed E-state index contributed by atoms with van der Waals surface area (Å²) in [5.74, 6) is 2.42. The van der Waals surface area contributed by atoms with Gasteiger partial charge in [-0.25, -0.2) is 0 Å². The Hall–Kier alpha value is -2.18. The first-order valence-electron chi connectivity index (χ1n) is 9.06. The molecule has 4 aliphatic carbocycles. The summed E-state index contributed by atoms with van der Waals surface area (Å²) < 4.78 is 0. The minimum Gasteiger partial charge on any atom is -0.376 e. The first-order chi connectivity index (χ1) is 11.9. The summed E-state index contributed by atoms with van der Waals surface area (Å²) >= 11 is 0. The maximum Gasteiger partial charge on any atom is 0.299 e. The normalized spacial score (nSPS) is 33.9. The Morgan fingerprint density at radius 1 is 1.04 bits per heavy atom. The van der Waals surface area contributed by atoms with E-state index >= 15 is 0 Å². The van der Waals surface area contributed by atoms with Crippen LogP contribution in [0.15, 0.2) is 18.2 Å². The van der Waals surface area contributed by atoms with Crippen molar-refractivity contribution in [3.63, 3.8) is 0 Å². The number of nitrogens with one attached hydrogen (secondary N) is 1. The van der Waals surface area contributed by atoms with Crippen LogP contribution in [0.25, 0.3) is 0 Å². The van der Waals surface area contributed by atoms with Crippen molar-refractivity contribution in [3.05, 3.63) is 38.4 Å². The van der Waals surface area contributed by atoms with Gasteiger partial charge in [0.25, 0.3) is 11.4 Å².